The zero-order chi connectivity index (χ0) is 58.0. The number of nitrogens with zero attached hydrogens (tertiary/aromatic N) is 1. The number of ether oxygens (including phenoxy) is 3. The molecule has 0 amide bonds. The Morgan fingerprint density at radius 1 is 0.805 bits per heavy atom. The van der Waals surface area contributed by atoms with E-state index in [0.717, 1.165) is 44.6 Å². The number of aliphatic imine (C=N–C) groups is 1. The maximum absolute atomic E-state index is 13.3. The van der Waals surface area contributed by atoms with Crippen LogP contribution in [0.3, 0.4) is 0 Å². The van der Waals surface area contributed by atoms with Gasteiger partial charge in [0.05, 0.1) is 54.9 Å². The number of aliphatic hydroxyl groups excluding tert-OH is 9. The quantitative estimate of drug-likeness (QED) is 0.0332. The number of carboxylic acid groups (broad SMARTS) is 1. The molecule has 0 aromatic carbocycles. The van der Waals surface area contributed by atoms with Crippen LogP contribution in [-0.2, 0) is 28.6 Å². The van der Waals surface area contributed by atoms with Crippen LogP contribution in [0.4, 0.5) is 0 Å². The first-order valence-electron chi connectivity index (χ1n) is 27.6. The second-order valence-corrected chi connectivity index (χ2v) is 21.8. The van der Waals surface area contributed by atoms with Crippen molar-refractivity contribution < 1.29 is 84.8 Å². The van der Waals surface area contributed by atoms with Gasteiger partial charge in [0, 0.05) is 82.5 Å². The summed E-state index contributed by atoms with van der Waals surface area (Å²) in [5.74, 6) is -7.92. The highest BCUT2D eigenvalue weighted by atomic mass is 16.7. The van der Waals surface area contributed by atoms with Crippen LogP contribution in [0.5, 0.6) is 0 Å². The summed E-state index contributed by atoms with van der Waals surface area (Å²) in [6, 6.07) is 0. The van der Waals surface area contributed by atoms with Gasteiger partial charge in [-0.2, -0.15) is 0 Å². The zero-order valence-corrected chi connectivity index (χ0v) is 47.0. The summed E-state index contributed by atoms with van der Waals surface area (Å²) in [5, 5.41) is 127. The van der Waals surface area contributed by atoms with Crippen molar-refractivity contribution in [3.05, 3.63) is 60.3 Å². The molecule has 13 N–H and O–H groups in total. The fourth-order valence-electron chi connectivity index (χ4n) is 9.77. The summed E-state index contributed by atoms with van der Waals surface area (Å²) >= 11 is 0. The van der Waals surface area contributed by atoms with Crippen LogP contribution in [-0.4, -0.2) is 180 Å². The largest absolute Gasteiger partial charge is 0.481 e. The molecule has 0 aliphatic carbocycles. The number of carboxylic acids is 1. The third-order valence-electron chi connectivity index (χ3n) is 15.2. The molecule has 77 heavy (non-hydrogen) atoms. The first-order chi connectivity index (χ1) is 36.2. The molecule has 2 bridgehead atoms. The van der Waals surface area contributed by atoms with Gasteiger partial charge in [-0.25, -0.2) is 4.79 Å². The van der Waals surface area contributed by atoms with Crippen molar-refractivity contribution in [3.8, 4) is 0 Å². The van der Waals surface area contributed by atoms with Crippen molar-refractivity contribution >= 4 is 23.9 Å². The van der Waals surface area contributed by atoms with E-state index in [4.69, 9.17) is 14.2 Å². The SMILES string of the molecule is CN=C(NC)NCCC/C=C/CCC[C@@H](C)[C@@H]1OC(=O)/C=C\C=C/[C@@H](C)[C@@H](O)C[C@@H](O)[C@@H](C)[C@H](O)CC[C@@H](C)[C@H](O)C[C@@]2(O)O[C@@H](C[C@H](OC(=O)CC(=O)O)C[C@H](O)C[C@H](O)[C@H](C)[C@H](O)/C(C)=C\C=C/[C@@H]1C)C[C@@H](O)[C@H]2O. The van der Waals surface area contributed by atoms with E-state index in [1.165, 1.54) is 12.2 Å². The lowest BCUT2D eigenvalue weighted by molar-refractivity contribution is -0.333. The minimum Gasteiger partial charge on any atom is -0.481 e. The summed E-state index contributed by atoms with van der Waals surface area (Å²) in [4.78, 5) is 41.5. The number of carbonyl (C=O) groups is 3. The summed E-state index contributed by atoms with van der Waals surface area (Å²) in [5.41, 5.74) is 0.482. The Hall–Kier alpha value is -4.06. The Kier molecular flexibility index (Phi) is 31.9. The normalized spacial score (nSPS) is 38.2. The lowest BCUT2D eigenvalue weighted by Gasteiger charge is -2.45. The van der Waals surface area contributed by atoms with Crippen LogP contribution >= 0.6 is 0 Å². The first kappa shape index (κ1) is 69.0. The number of hydrogen-bond acceptors (Lipinski definition) is 17. The van der Waals surface area contributed by atoms with Gasteiger partial charge in [-0.1, -0.05) is 90.2 Å². The maximum Gasteiger partial charge on any atom is 0.331 e. The molecule has 1 saturated heterocycles. The molecule has 0 saturated carbocycles. The average Bonchev–Trinajstić information content (AvgIpc) is 3.36. The van der Waals surface area contributed by atoms with Crippen LogP contribution in [0.2, 0.25) is 0 Å². The van der Waals surface area contributed by atoms with E-state index in [9.17, 15) is 70.6 Å². The number of rotatable bonds is 12. The van der Waals surface area contributed by atoms with Gasteiger partial charge in [-0.05, 0) is 75.7 Å². The fourth-order valence-corrected chi connectivity index (χ4v) is 9.77. The number of esters is 2. The van der Waals surface area contributed by atoms with Crippen LogP contribution in [0, 0.1) is 35.5 Å². The van der Waals surface area contributed by atoms with Gasteiger partial charge in [0.15, 0.2) is 11.7 Å². The van der Waals surface area contributed by atoms with Crippen LogP contribution < -0.4 is 10.6 Å². The molecular formula is C57H97N3O17. The van der Waals surface area contributed by atoms with E-state index < -0.39 is 133 Å². The predicted molar refractivity (Wildman–Crippen MR) is 292 cm³/mol. The second-order valence-electron chi connectivity index (χ2n) is 21.8. The zero-order valence-electron chi connectivity index (χ0n) is 47.0. The van der Waals surface area contributed by atoms with Gasteiger partial charge in [-0.3, -0.25) is 14.6 Å². The van der Waals surface area contributed by atoms with Crippen LogP contribution in [0.1, 0.15) is 138 Å². The molecule has 2 aliphatic heterocycles. The molecule has 0 aromatic rings. The minimum absolute atomic E-state index is 0.0572. The molecule has 0 aromatic heterocycles. The highest BCUT2D eigenvalue weighted by molar-refractivity contribution is 5.90. The van der Waals surface area contributed by atoms with Gasteiger partial charge < -0.3 is 81.0 Å². The Labute approximate surface area is 456 Å². The van der Waals surface area contributed by atoms with E-state index >= 15 is 0 Å². The Balaban J connectivity index is 2.43. The molecular weight excluding hydrogens is 999 g/mol. The van der Waals surface area contributed by atoms with Crippen LogP contribution in [0.25, 0.3) is 0 Å². The van der Waals surface area contributed by atoms with Crippen LogP contribution in [0.15, 0.2) is 65.2 Å². The number of nitrogens with one attached hydrogen (secondary N) is 2. The Bertz CT molecular complexity index is 1930. The van der Waals surface area contributed by atoms with Crippen molar-refractivity contribution in [1.29, 1.82) is 0 Å². The van der Waals surface area contributed by atoms with E-state index in [2.05, 4.69) is 27.8 Å². The van der Waals surface area contributed by atoms with Crippen molar-refractivity contribution in [1.82, 2.24) is 10.6 Å². The minimum atomic E-state index is -2.53. The van der Waals surface area contributed by atoms with Gasteiger partial charge >= 0.3 is 17.9 Å². The number of allylic oxidation sites excluding steroid dienone is 6. The highest BCUT2D eigenvalue weighted by Crippen LogP contribution is 2.36. The molecule has 20 nitrogen and oxygen atoms in total. The van der Waals surface area contributed by atoms with Crippen molar-refractivity contribution in [3.63, 3.8) is 0 Å². The molecule has 2 heterocycles. The number of aliphatic carboxylic acids is 1. The number of fused-ring (bicyclic) bond motifs is 2. The molecule has 0 spiro atoms. The summed E-state index contributed by atoms with van der Waals surface area (Å²) in [7, 11) is 3.53. The molecule has 442 valence electrons. The molecule has 0 radical (unpaired) electrons. The summed E-state index contributed by atoms with van der Waals surface area (Å²) in [6.45, 7) is 13.0. The first-order valence-corrected chi connectivity index (χ1v) is 27.6. The van der Waals surface area contributed by atoms with Crippen molar-refractivity contribution in [2.45, 2.75) is 217 Å². The predicted octanol–water partition coefficient (Wildman–Crippen LogP) is 3.49. The lowest BCUT2D eigenvalue weighted by atomic mass is 9.83. The summed E-state index contributed by atoms with van der Waals surface area (Å²) in [6.07, 6.45) is 2.50. The molecule has 2 rings (SSSR count). The number of guanidine groups is 1. The topological polar surface area (TPSA) is 338 Å². The second kappa shape index (κ2) is 35.5. The monoisotopic (exact) mass is 1100 g/mol. The third-order valence-corrected chi connectivity index (χ3v) is 15.2. The van der Waals surface area contributed by atoms with Gasteiger partial charge in [0.1, 0.15) is 24.7 Å². The van der Waals surface area contributed by atoms with E-state index in [0.29, 0.717) is 5.57 Å². The summed E-state index contributed by atoms with van der Waals surface area (Å²) < 4.78 is 17.4. The molecule has 2 aliphatic rings. The smallest absolute Gasteiger partial charge is 0.331 e. The average molecular weight is 1100 g/mol. The fraction of sp³-hybridized carbons (Fsp3) is 0.754. The number of carbonyl (C=O) groups excluding carboxylic acids is 2. The number of unbranched alkanes of at least 4 members (excludes halogenated alkanes) is 2. The van der Waals surface area contributed by atoms with E-state index in [1.807, 2.05) is 27.0 Å². The van der Waals surface area contributed by atoms with Gasteiger partial charge in [0.2, 0.25) is 0 Å². The lowest BCUT2D eigenvalue weighted by Crippen LogP contribution is -2.60. The third kappa shape index (κ3) is 25.3. The van der Waals surface area contributed by atoms with Gasteiger partial charge in [-0.15, -0.1) is 0 Å². The number of hydrogen-bond donors (Lipinski definition) is 13. The molecule has 19 atom stereocenters. The maximum atomic E-state index is 13.3. The van der Waals surface area contributed by atoms with Crippen molar-refractivity contribution in [2.75, 3.05) is 20.6 Å². The molecule has 0 unspecified atom stereocenters. The van der Waals surface area contributed by atoms with Crippen molar-refractivity contribution in [2.24, 2.45) is 40.5 Å². The molecule has 20 heteroatoms. The molecule has 1 fully saturated rings. The highest BCUT2D eigenvalue weighted by Gasteiger charge is 2.50. The van der Waals surface area contributed by atoms with Gasteiger partial charge in [0.25, 0.3) is 0 Å². The van der Waals surface area contributed by atoms with E-state index in [-0.39, 0.29) is 56.8 Å². The standard InChI is InChI=1S/C57H97N3O17/c1-34-19-15-16-23-51(70)76-54(37(4)20-14-12-10-11-13-17-26-60-56(58-8)59-9)38(5)22-18-21-36(3)53(72)40(7)46(64)28-41(61)27-42(75-52(71)32-50(68)69)29-43-30-48(66)55(73)57(74,77-43)33-49(67)35(2)24-25-44(62)39(6)47(65)31-45(34)63/h10-11,15-16,18-19,21-23,34-35,37-49,53-55,61-67,72-74H,12-14,17,20,24-33H2,1-9H3,(H,68,69)(H2,58,59,60)/b11-10+,19-15-,22-18-,23-16-,36-21-/t34-,35-,37-,38+,39+,40+,41+,42-,43+,44-,45+,46+,47-,48-,49-,53-,54+,55-,57-/m1/s1. The van der Waals surface area contributed by atoms with E-state index in [1.54, 1.807) is 66.0 Å². The number of aliphatic hydroxyl groups is 10. The Morgan fingerprint density at radius 3 is 2.10 bits per heavy atom. The number of cyclic esters (lactones) is 1. The Morgan fingerprint density at radius 2 is 1.45 bits per heavy atom.